The summed E-state index contributed by atoms with van der Waals surface area (Å²) in [6.45, 7) is 5.99. The summed E-state index contributed by atoms with van der Waals surface area (Å²) in [5.74, 6) is 1.97. The van der Waals surface area contributed by atoms with Crippen molar-refractivity contribution in [1.82, 2.24) is 15.5 Å². The van der Waals surface area contributed by atoms with Gasteiger partial charge in [0.1, 0.15) is 5.75 Å². The van der Waals surface area contributed by atoms with E-state index in [1.54, 1.807) is 7.11 Å². The number of aliphatic imine (C=N–C) groups is 1. The second-order valence-corrected chi connectivity index (χ2v) is 7.40. The van der Waals surface area contributed by atoms with E-state index >= 15 is 0 Å². The van der Waals surface area contributed by atoms with Gasteiger partial charge in [0.05, 0.1) is 6.61 Å². The Balaban J connectivity index is 1.35. The number of ether oxygens (including phenoxy) is 2. The van der Waals surface area contributed by atoms with Crippen LogP contribution in [-0.2, 0) is 17.6 Å². The first-order chi connectivity index (χ1) is 13.3. The summed E-state index contributed by atoms with van der Waals surface area (Å²) >= 11 is 0. The van der Waals surface area contributed by atoms with Crippen molar-refractivity contribution in [2.75, 3.05) is 53.6 Å². The Morgan fingerprint density at radius 1 is 1.33 bits per heavy atom. The minimum Gasteiger partial charge on any atom is -0.493 e. The lowest BCUT2D eigenvalue weighted by Gasteiger charge is -2.33. The Kier molecular flexibility index (Phi) is 7.78. The molecule has 6 nitrogen and oxygen atoms in total. The summed E-state index contributed by atoms with van der Waals surface area (Å²) in [6, 6.07) is 7.05. The maximum absolute atomic E-state index is 5.58. The molecule has 2 aliphatic heterocycles. The number of guanidine groups is 1. The molecule has 150 valence electrons. The van der Waals surface area contributed by atoms with Gasteiger partial charge >= 0.3 is 0 Å². The number of nitrogens with one attached hydrogen (secondary N) is 2. The molecule has 0 aliphatic carbocycles. The van der Waals surface area contributed by atoms with Crippen molar-refractivity contribution in [3.8, 4) is 5.75 Å². The van der Waals surface area contributed by atoms with Gasteiger partial charge in [-0.2, -0.15) is 0 Å². The Hall–Kier alpha value is -1.79. The topological polar surface area (TPSA) is 58.1 Å². The van der Waals surface area contributed by atoms with Gasteiger partial charge in [0.2, 0.25) is 0 Å². The van der Waals surface area contributed by atoms with E-state index in [1.807, 2.05) is 7.05 Å². The van der Waals surface area contributed by atoms with Crippen molar-refractivity contribution >= 4 is 5.96 Å². The third-order valence-corrected chi connectivity index (χ3v) is 5.43. The number of likely N-dealkylation sites (tertiary alicyclic amines) is 1. The van der Waals surface area contributed by atoms with Crippen LogP contribution in [0.2, 0.25) is 0 Å². The van der Waals surface area contributed by atoms with Crippen LogP contribution in [0.25, 0.3) is 0 Å². The van der Waals surface area contributed by atoms with E-state index in [2.05, 4.69) is 38.7 Å². The van der Waals surface area contributed by atoms with E-state index in [0.29, 0.717) is 6.04 Å². The number of rotatable bonds is 8. The van der Waals surface area contributed by atoms with Gasteiger partial charge in [0, 0.05) is 59.4 Å². The van der Waals surface area contributed by atoms with Crippen LogP contribution in [0.5, 0.6) is 5.75 Å². The average molecular weight is 375 g/mol. The third-order valence-electron chi connectivity index (χ3n) is 5.43. The van der Waals surface area contributed by atoms with Gasteiger partial charge in [0.15, 0.2) is 5.96 Å². The van der Waals surface area contributed by atoms with E-state index in [-0.39, 0.29) is 0 Å². The van der Waals surface area contributed by atoms with E-state index in [0.717, 1.165) is 70.4 Å². The van der Waals surface area contributed by atoms with E-state index in [9.17, 15) is 0 Å². The number of benzene rings is 1. The minimum atomic E-state index is 0.506. The number of piperidine rings is 1. The molecular weight excluding hydrogens is 340 g/mol. The molecular formula is C21H34N4O2. The third kappa shape index (κ3) is 6.11. The molecule has 0 saturated carbocycles. The van der Waals surface area contributed by atoms with E-state index < -0.39 is 0 Å². The van der Waals surface area contributed by atoms with Gasteiger partial charge in [0.25, 0.3) is 0 Å². The van der Waals surface area contributed by atoms with Crippen LogP contribution in [0.3, 0.4) is 0 Å². The average Bonchev–Trinajstić information content (AvgIpc) is 3.16. The van der Waals surface area contributed by atoms with Crippen molar-refractivity contribution in [2.45, 2.75) is 38.1 Å². The molecule has 0 unspecified atom stereocenters. The molecule has 2 N–H and O–H groups in total. The van der Waals surface area contributed by atoms with Gasteiger partial charge in [-0.25, -0.2) is 0 Å². The van der Waals surface area contributed by atoms with Crippen molar-refractivity contribution in [1.29, 1.82) is 0 Å². The Bertz CT molecular complexity index is 612. The normalized spacial score (nSPS) is 18.2. The fraction of sp³-hybridized carbons (Fsp3) is 0.667. The van der Waals surface area contributed by atoms with E-state index in [4.69, 9.17) is 9.47 Å². The second-order valence-electron chi connectivity index (χ2n) is 7.40. The molecule has 0 aromatic heterocycles. The Morgan fingerprint density at radius 3 is 2.96 bits per heavy atom. The summed E-state index contributed by atoms with van der Waals surface area (Å²) in [6.07, 6.45) is 5.47. The molecule has 27 heavy (non-hydrogen) atoms. The van der Waals surface area contributed by atoms with Crippen LogP contribution in [0, 0.1) is 0 Å². The van der Waals surface area contributed by atoms with Crippen molar-refractivity contribution in [3.63, 3.8) is 0 Å². The molecule has 1 aromatic rings. The first-order valence-corrected chi connectivity index (χ1v) is 10.2. The second kappa shape index (κ2) is 10.5. The Labute approximate surface area is 163 Å². The largest absolute Gasteiger partial charge is 0.493 e. The van der Waals surface area contributed by atoms with Crippen LogP contribution in [0.4, 0.5) is 0 Å². The maximum atomic E-state index is 5.58. The van der Waals surface area contributed by atoms with E-state index in [1.165, 1.54) is 24.0 Å². The summed E-state index contributed by atoms with van der Waals surface area (Å²) in [5, 5.41) is 7.05. The van der Waals surface area contributed by atoms with Gasteiger partial charge in [-0.15, -0.1) is 0 Å². The number of methoxy groups -OCH3 is 1. The monoisotopic (exact) mass is 374 g/mol. The predicted octanol–water partition coefficient (Wildman–Crippen LogP) is 1.83. The van der Waals surface area contributed by atoms with Gasteiger partial charge in [-0.3, -0.25) is 4.99 Å². The number of fused-ring (bicyclic) bond motifs is 1. The summed E-state index contributed by atoms with van der Waals surface area (Å²) < 4.78 is 10.7. The van der Waals surface area contributed by atoms with Crippen LogP contribution in [-0.4, -0.2) is 70.5 Å². The molecule has 2 aliphatic rings. The molecule has 1 saturated heterocycles. The highest BCUT2D eigenvalue weighted by atomic mass is 16.5. The number of hydrogen-bond donors (Lipinski definition) is 2. The fourth-order valence-corrected chi connectivity index (χ4v) is 3.84. The molecule has 2 heterocycles. The highest BCUT2D eigenvalue weighted by Gasteiger charge is 2.19. The first kappa shape index (κ1) is 20.0. The standard InChI is InChI=1S/C21H34N4O2/c1-22-21(24-19-7-12-25(13-8-19)11-3-14-26-2)23-10-6-17-4-5-20-18(16-17)9-15-27-20/h4-5,16,19H,3,6-15H2,1-2H3,(H2,22,23,24). The zero-order valence-corrected chi connectivity index (χ0v) is 16.8. The molecule has 0 atom stereocenters. The fourth-order valence-electron chi connectivity index (χ4n) is 3.84. The quantitative estimate of drug-likeness (QED) is 0.413. The first-order valence-electron chi connectivity index (χ1n) is 10.2. The highest BCUT2D eigenvalue weighted by molar-refractivity contribution is 5.79. The van der Waals surface area contributed by atoms with Crippen LogP contribution >= 0.6 is 0 Å². The molecule has 1 fully saturated rings. The summed E-state index contributed by atoms with van der Waals surface area (Å²) in [7, 11) is 3.62. The predicted molar refractivity (Wildman–Crippen MR) is 110 cm³/mol. The zero-order chi connectivity index (χ0) is 18.9. The Morgan fingerprint density at radius 2 is 2.19 bits per heavy atom. The molecule has 1 aromatic carbocycles. The van der Waals surface area contributed by atoms with Crippen molar-refractivity contribution in [3.05, 3.63) is 29.3 Å². The lowest BCUT2D eigenvalue weighted by molar-refractivity contribution is 0.155. The van der Waals surface area contributed by atoms with Gasteiger partial charge in [-0.05, 0) is 42.9 Å². The van der Waals surface area contributed by atoms with Crippen LogP contribution < -0.4 is 15.4 Å². The van der Waals surface area contributed by atoms with Gasteiger partial charge < -0.3 is 25.0 Å². The molecule has 6 heteroatoms. The molecule has 0 amide bonds. The van der Waals surface area contributed by atoms with Crippen molar-refractivity contribution in [2.24, 2.45) is 4.99 Å². The maximum Gasteiger partial charge on any atom is 0.191 e. The lowest BCUT2D eigenvalue weighted by atomic mass is 10.0. The molecule has 3 rings (SSSR count). The molecule has 0 spiro atoms. The van der Waals surface area contributed by atoms with Crippen LogP contribution in [0.15, 0.2) is 23.2 Å². The number of nitrogens with zero attached hydrogens (tertiary/aromatic N) is 2. The molecule has 0 bridgehead atoms. The molecule has 0 radical (unpaired) electrons. The zero-order valence-electron chi connectivity index (χ0n) is 16.8. The van der Waals surface area contributed by atoms with Crippen molar-refractivity contribution < 1.29 is 9.47 Å². The number of hydrogen-bond acceptors (Lipinski definition) is 4. The minimum absolute atomic E-state index is 0.506. The highest BCUT2D eigenvalue weighted by Crippen LogP contribution is 2.25. The smallest absolute Gasteiger partial charge is 0.191 e. The van der Waals surface area contributed by atoms with Crippen LogP contribution in [0.1, 0.15) is 30.4 Å². The summed E-state index contributed by atoms with van der Waals surface area (Å²) in [5.41, 5.74) is 2.69. The SMILES string of the molecule is CN=C(NCCc1ccc2c(c1)CCO2)NC1CCN(CCCOC)CC1. The van der Waals surface area contributed by atoms with Gasteiger partial charge in [-0.1, -0.05) is 12.1 Å². The lowest BCUT2D eigenvalue weighted by Crippen LogP contribution is -2.49. The summed E-state index contributed by atoms with van der Waals surface area (Å²) in [4.78, 5) is 6.93.